The fourth-order valence-electron chi connectivity index (χ4n) is 4.36. The number of amides is 1. The van der Waals surface area contributed by atoms with Crippen molar-refractivity contribution in [2.45, 2.75) is 26.2 Å². The number of hydrogen-bond donors (Lipinski definition) is 0. The van der Waals surface area contributed by atoms with E-state index in [9.17, 15) is 19.7 Å². The van der Waals surface area contributed by atoms with Crippen LogP contribution in [-0.4, -0.2) is 43.0 Å². The maximum absolute atomic E-state index is 12.5. The molecule has 162 valence electrons. The minimum Gasteiger partial charge on any atom is -0.452 e. The lowest BCUT2D eigenvalue weighted by molar-refractivity contribution is -0.384. The molecule has 2 aromatic rings. The second-order valence-electron chi connectivity index (χ2n) is 8.15. The summed E-state index contributed by atoms with van der Waals surface area (Å²) in [5, 5.41) is 11.6. The molecule has 2 aliphatic heterocycles. The van der Waals surface area contributed by atoms with Crippen LogP contribution in [0.25, 0.3) is 0 Å². The number of para-hydroxylation sites is 1. The lowest BCUT2D eigenvalue weighted by atomic mass is 9.99. The number of esters is 1. The molecule has 31 heavy (non-hydrogen) atoms. The third-order valence-electron chi connectivity index (χ3n) is 5.92. The molecule has 2 heterocycles. The van der Waals surface area contributed by atoms with Crippen LogP contribution in [0.3, 0.4) is 0 Å². The quantitative estimate of drug-likeness (QED) is 0.415. The SMILES string of the molecule is CC1CCCN(c2ccc(C(=O)OCC(=O)N3CCc4ccccc43)cc2[N+](=O)[O-])C1. The van der Waals surface area contributed by atoms with E-state index in [0.29, 0.717) is 18.2 Å². The molecule has 8 heteroatoms. The number of fused-ring (bicyclic) bond motifs is 1. The molecule has 1 atom stereocenters. The smallest absolute Gasteiger partial charge is 0.338 e. The predicted molar refractivity (Wildman–Crippen MR) is 116 cm³/mol. The summed E-state index contributed by atoms with van der Waals surface area (Å²) in [7, 11) is 0. The van der Waals surface area contributed by atoms with Crippen molar-refractivity contribution in [1.82, 2.24) is 0 Å². The van der Waals surface area contributed by atoms with Crippen molar-refractivity contribution in [2.24, 2.45) is 5.92 Å². The standard InChI is InChI=1S/C23H25N3O5/c1-16-5-4-11-24(14-16)20-9-8-18(13-21(20)26(29)30)23(28)31-15-22(27)25-12-10-17-6-2-3-7-19(17)25/h2-3,6-9,13,16H,4-5,10-12,14-15H2,1H3. The molecule has 0 radical (unpaired) electrons. The Morgan fingerprint density at radius 1 is 1.16 bits per heavy atom. The average Bonchev–Trinajstić information content (AvgIpc) is 3.21. The van der Waals surface area contributed by atoms with Gasteiger partial charge in [-0.3, -0.25) is 14.9 Å². The number of rotatable bonds is 5. The molecule has 0 saturated carbocycles. The highest BCUT2D eigenvalue weighted by molar-refractivity contribution is 5.98. The lowest BCUT2D eigenvalue weighted by Gasteiger charge is -2.32. The van der Waals surface area contributed by atoms with E-state index in [0.717, 1.165) is 43.6 Å². The van der Waals surface area contributed by atoms with Gasteiger partial charge in [0.1, 0.15) is 5.69 Å². The number of ether oxygens (including phenoxy) is 1. The molecular formula is C23H25N3O5. The second kappa shape index (κ2) is 8.75. The summed E-state index contributed by atoms with van der Waals surface area (Å²) in [6.45, 7) is 3.76. The molecule has 0 aliphatic carbocycles. The summed E-state index contributed by atoms with van der Waals surface area (Å²) in [5.41, 5.74) is 2.37. The van der Waals surface area contributed by atoms with Crippen molar-refractivity contribution in [3.05, 3.63) is 63.7 Å². The maximum Gasteiger partial charge on any atom is 0.338 e. The van der Waals surface area contributed by atoms with Gasteiger partial charge in [0.05, 0.1) is 10.5 Å². The number of anilines is 2. The molecule has 4 rings (SSSR count). The van der Waals surface area contributed by atoms with E-state index in [2.05, 4.69) is 6.92 Å². The molecule has 1 unspecified atom stereocenters. The van der Waals surface area contributed by atoms with Gasteiger partial charge in [-0.2, -0.15) is 0 Å². The topological polar surface area (TPSA) is 93.0 Å². The Bertz CT molecular complexity index is 1020. The van der Waals surface area contributed by atoms with Crippen LogP contribution in [0.4, 0.5) is 17.1 Å². The Balaban J connectivity index is 1.44. The third kappa shape index (κ3) is 4.38. The van der Waals surface area contributed by atoms with E-state index in [-0.39, 0.29) is 17.2 Å². The summed E-state index contributed by atoms with van der Waals surface area (Å²) < 4.78 is 5.19. The van der Waals surface area contributed by atoms with Crippen LogP contribution in [0.15, 0.2) is 42.5 Å². The summed E-state index contributed by atoms with van der Waals surface area (Å²) in [5.74, 6) is -0.603. The van der Waals surface area contributed by atoms with Crippen molar-refractivity contribution in [1.29, 1.82) is 0 Å². The Morgan fingerprint density at radius 2 is 1.97 bits per heavy atom. The molecule has 0 bridgehead atoms. The van der Waals surface area contributed by atoms with Crippen molar-refractivity contribution in [3.8, 4) is 0 Å². The molecule has 0 aromatic heterocycles. The maximum atomic E-state index is 12.5. The van der Waals surface area contributed by atoms with Gasteiger partial charge in [-0.25, -0.2) is 4.79 Å². The Morgan fingerprint density at radius 3 is 2.74 bits per heavy atom. The van der Waals surface area contributed by atoms with Gasteiger partial charge in [0.2, 0.25) is 0 Å². The summed E-state index contributed by atoms with van der Waals surface area (Å²) in [6.07, 6.45) is 2.84. The molecule has 2 aromatic carbocycles. The number of carbonyl (C=O) groups is 2. The minimum absolute atomic E-state index is 0.0649. The van der Waals surface area contributed by atoms with Gasteiger partial charge in [0.15, 0.2) is 6.61 Å². The van der Waals surface area contributed by atoms with Gasteiger partial charge < -0.3 is 14.5 Å². The number of hydrogen-bond acceptors (Lipinski definition) is 6. The van der Waals surface area contributed by atoms with Crippen molar-refractivity contribution in [3.63, 3.8) is 0 Å². The molecule has 2 aliphatic rings. The lowest BCUT2D eigenvalue weighted by Crippen LogP contribution is -2.34. The highest BCUT2D eigenvalue weighted by Crippen LogP contribution is 2.33. The number of nitro groups is 1. The van der Waals surface area contributed by atoms with Gasteiger partial charge in [0.25, 0.3) is 11.6 Å². The summed E-state index contributed by atoms with van der Waals surface area (Å²) in [4.78, 5) is 39.8. The monoisotopic (exact) mass is 423 g/mol. The van der Waals surface area contributed by atoms with E-state index in [1.54, 1.807) is 11.0 Å². The Kier molecular flexibility index (Phi) is 5.88. The fraction of sp³-hybridized carbons (Fsp3) is 0.391. The number of carbonyl (C=O) groups excluding carboxylic acids is 2. The normalized spacial score (nSPS) is 17.9. The van der Waals surface area contributed by atoms with E-state index in [1.807, 2.05) is 29.2 Å². The molecule has 0 spiro atoms. The largest absolute Gasteiger partial charge is 0.452 e. The highest BCUT2D eigenvalue weighted by Gasteiger charge is 2.27. The molecule has 8 nitrogen and oxygen atoms in total. The van der Waals surface area contributed by atoms with Crippen LogP contribution in [0, 0.1) is 16.0 Å². The zero-order valence-electron chi connectivity index (χ0n) is 17.5. The number of nitro benzene ring substituents is 1. The number of piperidine rings is 1. The zero-order valence-corrected chi connectivity index (χ0v) is 17.5. The number of nitrogens with zero attached hydrogens (tertiary/aromatic N) is 3. The van der Waals surface area contributed by atoms with Crippen molar-refractivity contribution in [2.75, 3.05) is 36.0 Å². The molecule has 0 N–H and O–H groups in total. The first-order valence-electron chi connectivity index (χ1n) is 10.5. The van der Waals surface area contributed by atoms with E-state index < -0.39 is 17.5 Å². The second-order valence-corrected chi connectivity index (χ2v) is 8.15. The Labute approximate surface area is 180 Å². The van der Waals surface area contributed by atoms with Gasteiger partial charge in [-0.1, -0.05) is 25.1 Å². The van der Waals surface area contributed by atoms with Crippen molar-refractivity contribution < 1.29 is 19.2 Å². The first-order valence-corrected chi connectivity index (χ1v) is 10.5. The van der Waals surface area contributed by atoms with Crippen LogP contribution in [0.1, 0.15) is 35.7 Å². The fourth-order valence-corrected chi connectivity index (χ4v) is 4.36. The summed E-state index contributed by atoms with van der Waals surface area (Å²) in [6, 6.07) is 12.0. The first-order chi connectivity index (χ1) is 14.9. The van der Waals surface area contributed by atoms with Crippen LogP contribution >= 0.6 is 0 Å². The van der Waals surface area contributed by atoms with Crippen LogP contribution in [0.5, 0.6) is 0 Å². The molecule has 1 fully saturated rings. The molecule has 1 amide bonds. The third-order valence-corrected chi connectivity index (χ3v) is 5.92. The number of benzene rings is 2. The van der Waals surface area contributed by atoms with Crippen LogP contribution in [-0.2, 0) is 16.0 Å². The van der Waals surface area contributed by atoms with Gasteiger partial charge >= 0.3 is 5.97 Å². The van der Waals surface area contributed by atoms with Crippen LogP contribution < -0.4 is 9.80 Å². The van der Waals surface area contributed by atoms with Crippen LogP contribution in [0.2, 0.25) is 0 Å². The van der Waals surface area contributed by atoms with E-state index in [1.165, 1.54) is 12.1 Å². The van der Waals surface area contributed by atoms with Gasteiger partial charge in [0, 0.05) is 31.4 Å². The zero-order chi connectivity index (χ0) is 22.0. The predicted octanol–water partition coefficient (Wildman–Crippen LogP) is 3.58. The highest BCUT2D eigenvalue weighted by atomic mass is 16.6. The van der Waals surface area contributed by atoms with E-state index >= 15 is 0 Å². The first kappa shape index (κ1) is 20.8. The summed E-state index contributed by atoms with van der Waals surface area (Å²) >= 11 is 0. The van der Waals surface area contributed by atoms with Crippen molar-refractivity contribution >= 4 is 28.9 Å². The van der Waals surface area contributed by atoms with E-state index in [4.69, 9.17) is 4.74 Å². The van der Waals surface area contributed by atoms with Gasteiger partial charge in [-0.05, 0) is 48.9 Å². The van der Waals surface area contributed by atoms with Gasteiger partial charge in [-0.15, -0.1) is 0 Å². The molecule has 1 saturated heterocycles. The minimum atomic E-state index is -0.748. The average molecular weight is 423 g/mol. The Hall–Kier alpha value is -3.42. The molecular weight excluding hydrogens is 398 g/mol.